The number of aryl methyl sites for hydroxylation is 1. The lowest BCUT2D eigenvalue weighted by atomic mass is 9.75. The molecule has 0 spiro atoms. The third kappa shape index (κ3) is 2.75. The van der Waals surface area contributed by atoms with Gasteiger partial charge in [0.15, 0.2) is 5.82 Å². The van der Waals surface area contributed by atoms with Crippen molar-refractivity contribution >= 4 is 0 Å². The predicted molar refractivity (Wildman–Crippen MR) is 99.3 cm³/mol. The molecule has 2 atom stereocenters. The highest BCUT2D eigenvalue weighted by Gasteiger charge is 2.47. The van der Waals surface area contributed by atoms with Gasteiger partial charge in [0.1, 0.15) is 5.60 Å². The van der Waals surface area contributed by atoms with E-state index in [4.69, 9.17) is 4.74 Å². The maximum atomic E-state index is 11.6. The first-order valence-electron chi connectivity index (χ1n) is 9.15. The van der Waals surface area contributed by atoms with Crippen LogP contribution in [-0.2, 0) is 17.4 Å². The predicted octanol–water partition coefficient (Wildman–Crippen LogP) is 1.77. The summed E-state index contributed by atoms with van der Waals surface area (Å²) in [5, 5.41) is 11.6. The monoisotopic (exact) mass is 351 g/mol. The Labute approximate surface area is 154 Å². The fourth-order valence-electron chi connectivity index (χ4n) is 4.29. The number of piperidine rings is 3. The van der Waals surface area contributed by atoms with Gasteiger partial charge < -0.3 is 14.4 Å². The minimum absolute atomic E-state index is 0.409. The Kier molecular flexibility index (Phi) is 4.36. The molecule has 4 heterocycles. The van der Waals surface area contributed by atoms with Crippen LogP contribution in [-0.4, -0.2) is 51.9 Å². The van der Waals surface area contributed by atoms with E-state index in [1.165, 1.54) is 0 Å². The zero-order valence-electron chi connectivity index (χ0n) is 15.4. The maximum Gasteiger partial charge on any atom is 0.210 e. The van der Waals surface area contributed by atoms with Crippen LogP contribution in [0.2, 0.25) is 0 Å². The molecule has 5 rings (SSSR count). The SMILES string of the molecule is CO[C@]1(C#CC(O)(c2ccccc2)c2nccn2C)CN2CCC1CC2. The number of nitrogens with zero attached hydrogens (tertiary/aromatic N) is 3. The Hall–Kier alpha value is -2.13. The van der Waals surface area contributed by atoms with Crippen LogP contribution < -0.4 is 0 Å². The van der Waals surface area contributed by atoms with Gasteiger partial charge in [0.2, 0.25) is 5.60 Å². The average Bonchev–Trinajstić information content (AvgIpc) is 3.14. The van der Waals surface area contributed by atoms with Gasteiger partial charge in [-0.1, -0.05) is 42.2 Å². The van der Waals surface area contributed by atoms with Crippen LogP contribution in [0.3, 0.4) is 0 Å². The van der Waals surface area contributed by atoms with Crippen LogP contribution in [0.1, 0.15) is 24.2 Å². The second-order valence-electron chi connectivity index (χ2n) is 7.33. The Balaban J connectivity index is 1.80. The van der Waals surface area contributed by atoms with Crippen LogP contribution in [0.4, 0.5) is 0 Å². The Bertz CT molecular complexity index is 830. The van der Waals surface area contributed by atoms with E-state index in [9.17, 15) is 5.11 Å². The lowest BCUT2D eigenvalue weighted by Crippen LogP contribution is -2.59. The highest BCUT2D eigenvalue weighted by atomic mass is 16.5. The van der Waals surface area contributed by atoms with E-state index in [1.807, 2.05) is 48.1 Å². The first-order chi connectivity index (χ1) is 12.6. The van der Waals surface area contributed by atoms with Gasteiger partial charge in [-0.25, -0.2) is 4.98 Å². The molecule has 0 aliphatic carbocycles. The molecular formula is C21H25N3O2. The highest BCUT2D eigenvalue weighted by molar-refractivity contribution is 5.41. The summed E-state index contributed by atoms with van der Waals surface area (Å²) >= 11 is 0. The average molecular weight is 351 g/mol. The minimum Gasteiger partial charge on any atom is -0.367 e. The quantitative estimate of drug-likeness (QED) is 0.857. The summed E-state index contributed by atoms with van der Waals surface area (Å²) in [4.78, 5) is 6.79. The largest absolute Gasteiger partial charge is 0.367 e. The third-order valence-electron chi connectivity index (χ3n) is 5.86. The van der Waals surface area contributed by atoms with Crippen LogP contribution in [0.5, 0.6) is 0 Å². The molecule has 0 amide bonds. The molecule has 1 aromatic heterocycles. The number of fused-ring (bicyclic) bond motifs is 3. The van der Waals surface area contributed by atoms with E-state index in [2.05, 4.69) is 21.7 Å². The number of aliphatic hydroxyl groups is 1. The molecular weight excluding hydrogens is 326 g/mol. The molecule has 3 aliphatic rings. The fraction of sp³-hybridized carbons (Fsp3) is 0.476. The number of methoxy groups -OCH3 is 1. The molecule has 0 radical (unpaired) electrons. The first-order valence-corrected chi connectivity index (χ1v) is 9.15. The maximum absolute atomic E-state index is 11.6. The summed E-state index contributed by atoms with van der Waals surface area (Å²) < 4.78 is 7.76. The van der Waals surface area contributed by atoms with Gasteiger partial charge in [0, 0.05) is 44.6 Å². The van der Waals surface area contributed by atoms with Crippen molar-refractivity contribution in [2.24, 2.45) is 13.0 Å². The van der Waals surface area contributed by atoms with Gasteiger partial charge in [-0.05, 0) is 25.9 Å². The summed E-state index contributed by atoms with van der Waals surface area (Å²) in [6.45, 7) is 3.02. The summed E-state index contributed by atoms with van der Waals surface area (Å²) in [5.74, 6) is 7.45. The molecule has 5 heteroatoms. The molecule has 26 heavy (non-hydrogen) atoms. The van der Waals surface area contributed by atoms with Crippen LogP contribution >= 0.6 is 0 Å². The Morgan fingerprint density at radius 1 is 1.27 bits per heavy atom. The molecule has 1 aromatic carbocycles. The number of imidazole rings is 1. The van der Waals surface area contributed by atoms with Crippen molar-refractivity contribution in [3.63, 3.8) is 0 Å². The van der Waals surface area contributed by atoms with Crippen molar-refractivity contribution in [2.75, 3.05) is 26.7 Å². The van der Waals surface area contributed by atoms with Crippen molar-refractivity contribution in [3.05, 3.63) is 54.1 Å². The van der Waals surface area contributed by atoms with Gasteiger partial charge in [0.25, 0.3) is 0 Å². The molecule has 5 nitrogen and oxygen atoms in total. The van der Waals surface area contributed by atoms with Gasteiger partial charge in [-0.15, -0.1) is 0 Å². The van der Waals surface area contributed by atoms with Crippen LogP contribution in [0.25, 0.3) is 0 Å². The van der Waals surface area contributed by atoms with Crippen molar-refractivity contribution in [1.82, 2.24) is 14.5 Å². The Morgan fingerprint density at radius 2 is 2.00 bits per heavy atom. The van der Waals surface area contributed by atoms with Crippen LogP contribution in [0, 0.1) is 17.8 Å². The normalized spacial score (nSPS) is 29.7. The van der Waals surface area contributed by atoms with E-state index in [0.29, 0.717) is 17.3 Å². The highest BCUT2D eigenvalue weighted by Crippen LogP contribution is 2.38. The Morgan fingerprint density at radius 3 is 2.54 bits per heavy atom. The van der Waals surface area contributed by atoms with Gasteiger partial charge in [0.05, 0.1) is 0 Å². The molecule has 3 aliphatic heterocycles. The molecule has 1 N–H and O–H groups in total. The second kappa shape index (κ2) is 6.55. The first kappa shape index (κ1) is 17.3. The lowest BCUT2D eigenvalue weighted by Gasteiger charge is -2.49. The summed E-state index contributed by atoms with van der Waals surface area (Å²) in [5.41, 5.74) is -1.28. The molecule has 3 fully saturated rings. The molecule has 2 bridgehead atoms. The number of benzene rings is 1. The van der Waals surface area contributed by atoms with E-state index < -0.39 is 11.2 Å². The number of ether oxygens (including phenoxy) is 1. The molecule has 3 saturated heterocycles. The van der Waals surface area contributed by atoms with Crippen molar-refractivity contribution in [1.29, 1.82) is 0 Å². The molecule has 1 unspecified atom stereocenters. The van der Waals surface area contributed by atoms with E-state index in [-0.39, 0.29) is 0 Å². The zero-order valence-corrected chi connectivity index (χ0v) is 15.4. The van der Waals surface area contributed by atoms with Crippen LogP contribution in [0.15, 0.2) is 42.7 Å². The molecule has 136 valence electrons. The number of hydrogen-bond acceptors (Lipinski definition) is 4. The third-order valence-corrected chi connectivity index (χ3v) is 5.86. The van der Waals surface area contributed by atoms with Crippen molar-refractivity contribution in [2.45, 2.75) is 24.0 Å². The van der Waals surface area contributed by atoms with E-state index in [0.717, 1.165) is 32.5 Å². The molecule has 2 aromatic rings. The number of rotatable bonds is 3. The lowest BCUT2D eigenvalue weighted by molar-refractivity contribution is -0.0964. The standard InChI is InChI=1S/C21H25N3O2/c1-23-15-12-22-19(23)21(25,18-6-4-3-5-7-18)11-10-20(26-2)16-24-13-8-17(20)9-14-24/h3-7,12,15,17,25H,8-9,13-14,16H2,1-2H3/t20-,21?/m1/s1. The molecule has 0 saturated carbocycles. The summed E-state index contributed by atoms with van der Waals surface area (Å²) in [6.07, 6.45) is 5.69. The number of hydrogen-bond donors (Lipinski definition) is 1. The second-order valence-corrected chi connectivity index (χ2v) is 7.33. The summed E-state index contributed by atoms with van der Waals surface area (Å²) in [6, 6.07) is 9.52. The van der Waals surface area contributed by atoms with Gasteiger partial charge in [-0.3, -0.25) is 4.90 Å². The fourth-order valence-corrected chi connectivity index (χ4v) is 4.29. The smallest absolute Gasteiger partial charge is 0.210 e. The zero-order chi connectivity index (χ0) is 18.2. The van der Waals surface area contributed by atoms with E-state index in [1.54, 1.807) is 13.3 Å². The summed E-state index contributed by atoms with van der Waals surface area (Å²) in [7, 11) is 3.61. The topological polar surface area (TPSA) is 50.5 Å². The number of aromatic nitrogens is 2. The minimum atomic E-state index is -1.48. The van der Waals surface area contributed by atoms with Crippen molar-refractivity contribution in [3.8, 4) is 11.8 Å². The van der Waals surface area contributed by atoms with Crippen molar-refractivity contribution < 1.29 is 9.84 Å². The van der Waals surface area contributed by atoms with Gasteiger partial charge >= 0.3 is 0 Å². The van der Waals surface area contributed by atoms with E-state index >= 15 is 0 Å². The van der Waals surface area contributed by atoms with Gasteiger partial charge in [-0.2, -0.15) is 0 Å².